The Morgan fingerprint density at radius 2 is 1.83 bits per heavy atom. The molecule has 0 radical (unpaired) electrons. The molecule has 0 aliphatic heterocycles. The van der Waals surface area contributed by atoms with Gasteiger partial charge in [0.2, 0.25) is 0 Å². The average molecular weight is 321 g/mol. The zero-order valence-corrected chi connectivity index (χ0v) is 13.7. The van der Waals surface area contributed by atoms with Crippen LogP contribution in [0, 0.1) is 6.92 Å². The van der Waals surface area contributed by atoms with Crippen LogP contribution in [0.4, 0.5) is 0 Å². The first-order valence-corrected chi connectivity index (χ1v) is 7.88. The van der Waals surface area contributed by atoms with Gasteiger partial charge in [0.05, 0.1) is 11.7 Å². The van der Waals surface area contributed by atoms with Crippen molar-refractivity contribution in [1.29, 1.82) is 0 Å². The highest BCUT2D eigenvalue weighted by atomic mass is 16.1. The molecular weight excluding hydrogens is 302 g/mol. The predicted molar refractivity (Wildman–Crippen MR) is 90.8 cm³/mol. The number of nitrogens with zero attached hydrogens (tertiary/aromatic N) is 4. The summed E-state index contributed by atoms with van der Waals surface area (Å²) in [6.07, 6.45) is 2.34. The molecule has 1 unspecified atom stereocenters. The summed E-state index contributed by atoms with van der Waals surface area (Å²) in [5.74, 6) is -0.0920. The van der Waals surface area contributed by atoms with Crippen LogP contribution < -0.4 is 5.32 Å². The standard InChI is InChI=1S/C18H19N5O/c1-3-17(14-6-4-13(2)5-7-14)20-18(24)15-8-10-16(11-9-15)23-12-19-21-22-23/h4-12,17H,3H2,1-2H3,(H,20,24). The van der Waals surface area contributed by atoms with E-state index in [0.29, 0.717) is 5.56 Å². The highest BCUT2D eigenvalue weighted by Crippen LogP contribution is 2.18. The van der Waals surface area contributed by atoms with Crippen LogP contribution in [0.2, 0.25) is 0 Å². The van der Waals surface area contributed by atoms with Gasteiger partial charge in [-0.1, -0.05) is 36.8 Å². The molecule has 2 aromatic carbocycles. The number of carbonyl (C=O) groups is 1. The third kappa shape index (κ3) is 3.48. The van der Waals surface area contributed by atoms with Crippen LogP contribution in [0.5, 0.6) is 0 Å². The fraction of sp³-hybridized carbons (Fsp3) is 0.222. The highest BCUT2D eigenvalue weighted by molar-refractivity contribution is 5.94. The molecular formula is C18H19N5O. The quantitative estimate of drug-likeness (QED) is 0.784. The van der Waals surface area contributed by atoms with Crippen LogP contribution in [0.3, 0.4) is 0 Å². The van der Waals surface area contributed by atoms with Crippen molar-refractivity contribution in [2.75, 3.05) is 0 Å². The van der Waals surface area contributed by atoms with E-state index in [9.17, 15) is 4.79 Å². The molecule has 122 valence electrons. The molecule has 0 spiro atoms. The van der Waals surface area contributed by atoms with Gasteiger partial charge in [0.25, 0.3) is 5.91 Å². The van der Waals surface area contributed by atoms with Crippen molar-refractivity contribution < 1.29 is 4.79 Å². The summed E-state index contributed by atoms with van der Waals surface area (Å²) in [4.78, 5) is 12.5. The van der Waals surface area contributed by atoms with E-state index in [2.05, 4.69) is 59.0 Å². The summed E-state index contributed by atoms with van der Waals surface area (Å²) in [7, 11) is 0. The highest BCUT2D eigenvalue weighted by Gasteiger charge is 2.14. The molecule has 3 aromatic rings. The van der Waals surface area contributed by atoms with Gasteiger partial charge in [-0.3, -0.25) is 4.79 Å². The Labute approximate surface area is 140 Å². The lowest BCUT2D eigenvalue weighted by atomic mass is 10.0. The van der Waals surface area contributed by atoms with Crippen molar-refractivity contribution in [2.24, 2.45) is 0 Å². The number of nitrogens with one attached hydrogen (secondary N) is 1. The van der Waals surface area contributed by atoms with Crippen molar-refractivity contribution in [3.63, 3.8) is 0 Å². The summed E-state index contributed by atoms with van der Waals surface area (Å²) in [6, 6.07) is 15.4. The summed E-state index contributed by atoms with van der Waals surface area (Å²) in [5, 5.41) is 14.1. The molecule has 6 nitrogen and oxygen atoms in total. The average Bonchev–Trinajstić information content (AvgIpc) is 3.15. The van der Waals surface area contributed by atoms with Gasteiger partial charge in [0, 0.05) is 5.56 Å². The van der Waals surface area contributed by atoms with Gasteiger partial charge in [-0.05, 0) is 53.6 Å². The van der Waals surface area contributed by atoms with Crippen molar-refractivity contribution in [2.45, 2.75) is 26.3 Å². The molecule has 0 saturated carbocycles. The maximum absolute atomic E-state index is 12.5. The Morgan fingerprint density at radius 3 is 2.42 bits per heavy atom. The minimum Gasteiger partial charge on any atom is -0.345 e. The maximum atomic E-state index is 12.5. The second-order valence-corrected chi connectivity index (χ2v) is 5.65. The molecule has 24 heavy (non-hydrogen) atoms. The predicted octanol–water partition coefficient (Wildman–Crippen LogP) is 2.85. The van der Waals surface area contributed by atoms with E-state index >= 15 is 0 Å². The van der Waals surface area contributed by atoms with Crippen molar-refractivity contribution >= 4 is 5.91 Å². The van der Waals surface area contributed by atoms with E-state index in [-0.39, 0.29) is 11.9 Å². The zero-order valence-electron chi connectivity index (χ0n) is 13.7. The minimum atomic E-state index is -0.0920. The molecule has 0 aliphatic carbocycles. The number of rotatable bonds is 5. The largest absolute Gasteiger partial charge is 0.345 e. The van der Waals surface area contributed by atoms with Gasteiger partial charge in [0.1, 0.15) is 6.33 Å². The van der Waals surface area contributed by atoms with Crippen molar-refractivity contribution in [1.82, 2.24) is 25.5 Å². The molecule has 6 heteroatoms. The smallest absolute Gasteiger partial charge is 0.251 e. The van der Waals surface area contributed by atoms with Gasteiger partial charge in [-0.2, -0.15) is 0 Å². The van der Waals surface area contributed by atoms with E-state index in [1.165, 1.54) is 11.9 Å². The van der Waals surface area contributed by atoms with Gasteiger partial charge < -0.3 is 5.32 Å². The Hall–Kier alpha value is -3.02. The Kier molecular flexibility index (Phi) is 4.65. The SMILES string of the molecule is CCC(NC(=O)c1ccc(-n2cnnn2)cc1)c1ccc(C)cc1. The van der Waals surface area contributed by atoms with Gasteiger partial charge in [-0.15, -0.1) is 5.10 Å². The minimum absolute atomic E-state index is 0.00251. The topological polar surface area (TPSA) is 72.7 Å². The first-order valence-electron chi connectivity index (χ1n) is 7.88. The summed E-state index contributed by atoms with van der Waals surface area (Å²) >= 11 is 0. The Morgan fingerprint density at radius 1 is 1.12 bits per heavy atom. The lowest BCUT2D eigenvalue weighted by Gasteiger charge is -2.18. The van der Waals surface area contributed by atoms with Crippen LogP contribution in [0.15, 0.2) is 54.9 Å². The Balaban J connectivity index is 1.72. The summed E-state index contributed by atoms with van der Waals surface area (Å²) in [5.41, 5.74) is 3.74. The van der Waals surface area contributed by atoms with Gasteiger partial charge >= 0.3 is 0 Å². The zero-order chi connectivity index (χ0) is 16.9. The second-order valence-electron chi connectivity index (χ2n) is 5.65. The number of aryl methyl sites for hydroxylation is 1. The normalized spacial score (nSPS) is 11.9. The number of amides is 1. The summed E-state index contributed by atoms with van der Waals surface area (Å²) in [6.45, 7) is 4.11. The first-order chi connectivity index (χ1) is 11.7. The van der Waals surface area contributed by atoms with E-state index in [4.69, 9.17) is 0 Å². The third-order valence-electron chi connectivity index (χ3n) is 3.94. The molecule has 3 rings (SSSR count). The number of aromatic nitrogens is 4. The molecule has 1 amide bonds. The van der Waals surface area contributed by atoms with Crippen molar-refractivity contribution in [3.8, 4) is 5.69 Å². The van der Waals surface area contributed by atoms with E-state index in [1.54, 1.807) is 16.8 Å². The number of benzene rings is 2. The van der Waals surface area contributed by atoms with Crippen LogP contribution >= 0.6 is 0 Å². The number of carbonyl (C=O) groups excluding carboxylic acids is 1. The molecule has 1 heterocycles. The fourth-order valence-corrected chi connectivity index (χ4v) is 2.51. The third-order valence-corrected chi connectivity index (χ3v) is 3.94. The molecule has 1 aromatic heterocycles. The van der Waals surface area contributed by atoms with Crippen LogP contribution in [-0.2, 0) is 0 Å². The molecule has 0 aliphatic rings. The molecule has 1 atom stereocenters. The lowest BCUT2D eigenvalue weighted by molar-refractivity contribution is 0.0935. The van der Waals surface area contributed by atoms with E-state index in [0.717, 1.165) is 17.7 Å². The van der Waals surface area contributed by atoms with Crippen LogP contribution in [0.25, 0.3) is 5.69 Å². The van der Waals surface area contributed by atoms with Gasteiger partial charge in [0.15, 0.2) is 0 Å². The van der Waals surface area contributed by atoms with E-state index < -0.39 is 0 Å². The Bertz CT molecular complexity index is 794. The molecule has 0 saturated heterocycles. The van der Waals surface area contributed by atoms with Gasteiger partial charge in [-0.25, -0.2) is 4.68 Å². The van der Waals surface area contributed by atoms with Crippen molar-refractivity contribution in [3.05, 3.63) is 71.5 Å². The molecule has 0 bridgehead atoms. The first kappa shape index (κ1) is 15.9. The maximum Gasteiger partial charge on any atom is 0.251 e. The number of tetrazole rings is 1. The second kappa shape index (κ2) is 7.04. The number of hydrogen-bond acceptors (Lipinski definition) is 4. The monoisotopic (exact) mass is 321 g/mol. The summed E-state index contributed by atoms with van der Waals surface area (Å²) < 4.78 is 1.54. The number of hydrogen-bond donors (Lipinski definition) is 1. The van der Waals surface area contributed by atoms with Crippen LogP contribution in [-0.4, -0.2) is 26.1 Å². The lowest BCUT2D eigenvalue weighted by Crippen LogP contribution is -2.28. The molecule has 1 N–H and O–H groups in total. The van der Waals surface area contributed by atoms with Crippen LogP contribution in [0.1, 0.15) is 40.9 Å². The molecule has 0 fully saturated rings. The fourth-order valence-electron chi connectivity index (χ4n) is 2.51. The van der Waals surface area contributed by atoms with E-state index in [1.807, 2.05) is 12.1 Å².